The predicted molar refractivity (Wildman–Crippen MR) is 94.6 cm³/mol. The van der Waals surface area contributed by atoms with E-state index in [1.807, 2.05) is 57.2 Å². The molecule has 1 aromatic carbocycles. The minimum absolute atomic E-state index is 0.133. The highest BCUT2D eigenvalue weighted by Gasteiger charge is 2.20. The first-order valence-corrected chi connectivity index (χ1v) is 8.59. The van der Waals surface area contributed by atoms with Gasteiger partial charge in [-0.15, -0.1) is 11.3 Å². The molecule has 5 heteroatoms. The molecule has 23 heavy (non-hydrogen) atoms. The number of carbonyl (C=O) groups excluding carboxylic acids is 1. The van der Waals surface area contributed by atoms with Crippen LogP contribution in [0.25, 0.3) is 0 Å². The Kier molecular flexibility index (Phi) is 6.19. The summed E-state index contributed by atoms with van der Waals surface area (Å²) in [6, 6.07) is 13.9. The molecule has 0 radical (unpaired) electrons. The number of nitrogens with one attached hydrogen (secondary N) is 2. The molecule has 1 amide bonds. The standard InChI is InChI=1S/C18H24N2O2S/c1-18(2,3)22-17(21)20-16(14-8-5-4-6-9-14)13-19-12-15-10-7-11-23-15/h4-11,16,19H,12-13H2,1-3H3,(H,20,21). The Labute approximate surface area is 141 Å². The van der Waals surface area contributed by atoms with Crippen molar-refractivity contribution < 1.29 is 9.53 Å². The second kappa shape index (κ2) is 8.13. The molecule has 1 heterocycles. The van der Waals surface area contributed by atoms with Crippen LogP contribution in [0.1, 0.15) is 37.3 Å². The SMILES string of the molecule is CC(C)(C)OC(=O)NC(CNCc1cccs1)c1ccccc1. The monoisotopic (exact) mass is 332 g/mol. The van der Waals surface area contributed by atoms with Crippen molar-refractivity contribution in [2.45, 2.75) is 39.0 Å². The van der Waals surface area contributed by atoms with Crippen molar-refractivity contribution in [2.75, 3.05) is 6.54 Å². The molecule has 0 spiro atoms. The Bertz CT molecular complexity index is 591. The van der Waals surface area contributed by atoms with E-state index in [9.17, 15) is 4.79 Å². The van der Waals surface area contributed by atoms with E-state index < -0.39 is 11.7 Å². The topological polar surface area (TPSA) is 50.4 Å². The first kappa shape index (κ1) is 17.5. The van der Waals surface area contributed by atoms with Gasteiger partial charge in [-0.25, -0.2) is 4.79 Å². The number of thiophene rings is 1. The van der Waals surface area contributed by atoms with Gasteiger partial charge < -0.3 is 15.4 Å². The number of ether oxygens (including phenoxy) is 1. The number of rotatable bonds is 6. The molecule has 2 rings (SSSR count). The van der Waals surface area contributed by atoms with Gasteiger partial charge in [-0.3, -0.25) is 0 Å². The van der Waals surface area contributed by atoms with E-state index in [1.54, 1.807) is 11.3 Å². The van der Waals surface area contributed by atoms with Crippen LogP contribution in [0.4, 0.5) is 4.79 Å². The Morgan fingerprint density at radius 1 is 1.17 bits per heavy atom. The maximum absolute atomic E-state index is 12.1. The summed E-state index contributed by atoms with van der Waals surface area (Å²) in [6.07, 6.45) is -0.399. The third-order valence-electron chi connectivity index (χ3n) is 3.12. The molecule has 1 aromatic heterocycles. The van der Waals surface area contributed by atoms with Crippen molar-refractivity contribution in [2.24, 2.45) is 0 Å². The number of carbonyl (C=O) groups is 1. The van der Waals surface area contributed by atoms with Gasteiger partial charge in [-0.1, -0.05) is 36.4 Å². The van der Waals surface area contributed by atoms with Crippen molar-refractivity contribution >= 4 is 17.4 Å². The van der Waals surface area contributed by atoms with Gasteiger partial charge in [0, 0.05) is 18.0 Å². The summed E-state index contributed by atoms with van der Waals surface area (Å²) >= 11 is 1.72. The van der Waals surface area contributed by atoms with Gasteiger partial charge in [0.15, 0.2) is 0 Å². The molecule has 0 fully saturated rings. The van der Waals surface area contributed by atoms with Crippen molar-refractivity contribution in [3.05, 3.63) is 58.3 Å². The second-order valence-electron chi connectivity index (χ2n) is 6.32. The smallest absolute Gasteiger partial charge is 0.408 e. The van der Waals surface area contributed by atoms with E-state index in [0.29, 0.717) is 6.54 Å². The largest absolute Gasteiger partial charge is 0.444 e. The van der Waals surface area contributed by atoms with Crippen LogP contribution in [0.2, 0.25) is 0 Å². The average molecular weight is 332 g/mol. The zero-order valence-electron chi connectivity index (χ0n) is 13.8. The lowest BCUT2D eigenvalue weighted by Crippen LogP contribution is -2.38. The minimum atomic E-state index is -0.504. The number of hydrogen-bond donors (Lipinski definition) is 2. The molecule has 2 N–H and O–H groups in total. The summed E-state index contributed by atoms with van der Waals surface area (Å²) < 4.78 is 5.37. The Morgan fingerprint density at radius 3 is 2.52 bits per heavy atom. The summed E-state index contributed by atoms with van der Waals surface area (Å²) in [6.45, 7) is 7.01. The van der Waals surface area contributed by atoms with Gasteiger partial charge in [-0.2, -0.15) is 0 Å². The van der Waals surface area contributed by atoms with Gasteiger partial charge in [0.1, 0.15) is 5.60 Å². The van der Waals surface area contributed by atoms with Gasteiger partial charge in [0.25, 0.3) is 0 Å². The minimum Gasteiger partial charge on any atom is -0.444 e. The summed E-state index contributed by atoms with van der Waals surface area (Å²) in [5.41, 5.74) is 0.549. The maximum Gasteiger partial charge on any atom is 0.408 e. The lowest BCUT2D eigenvalue weighted by molar-refractivity contribution is 0.0503. The van der Waals surface area contributed by atoms with E-state index in [4.69, 9.17) is 4.74 Å². The van der Waals surface area contributed by atoms with Gasteiger partial charge in [0.05, 0.1) is 6.04 Å². The van der Waals surface area contributed by atoms with Crippen molar-refractivity contribution in [1.82, 2.24) is 10.6 Å². The molecule has 2 aromatic rings. The molecular weight excluding hydrogens is 308 g/mol. The summed E-state index contributed by atoms with van der Waals surface area (Å²) in [7, 11) is 0. The molecule has 1 atom stereocenters. The Balaban J connectivity index is 1.96. The fraction of sp³-hybridized carbons (Fsp3) is 0.389. The normalized spacial score (nSPS) is 12.7. The van der Waals surface area contributed by atoms with E-state index >= 15 is 0 Å². The van der Waals surface area contributed by atoms with Crippen LogP contribution < -0.4 is 10.6 Å². The van der Waals surface area contributed by atoms with Crippen LogP contribution in [0.5, 0.6) is 0 Å². The Morgan fingerprint density at radius 2 is 1.91 bits per heavy atom. The van der Waals surface area contributed by atoms with Crippen LogP contribution in [-0.2, 0) is 11.3 Å². The fourth-order valence-corrected chi connectivity index (χ4v) is 2.81. The highest BCUT2D eigenvalue weighted by molar-refractivity contribution is 7.09. The lowest BCUT2D eigenvalue weighted by atomic mass is 10.1. The van der Waals surface area contributed by atoms with Crippen LogP contribution in [0.15, 0.2) is 47.8 Å². The lowest BCUT2D eigenvalue weighted by Gasteiger charge is -2.24. The molecule has 1 unspecified atom stereocenters. The molecule has 4 nitrogen and oxygen atoms in total. The van der Waals surface area contributed by atoms with Gasteiger partial charge >= 0.3 is 6.09 Å². The molecule has 0 bridgehead atoms. The summed E-state index contributed by atoms with van der Waals surface area (Å²) in [5, 5.41) is 8.40. The quantitative estimate of drug-likeness (QED) is 0.837. The molecule has 0 aliphatic rings. The molecule has 0 saturated heterocycles. The number of alkyl carbamates (subject to hydrolysis) is 1. The number of benzene rings is 1. The summed E-state index contributed by atoms with van der Waals surface area (Å²) in [4.78, 5) is 13.3. The maximum atomic E-state index is 12.1. The van der Waals surface area contributed by atoms with Crippen LogP contribution >= 0.6 is 11.3 Å². The van der Waals surface area contributed by atoms with Crippen molar-refractivity contribution in [3.8, 4) is 0 Å². The first-order chi connectivity index (χ1) is 10.9. The zero-order chi connectivity index (χ0) is 16.7. The van der Waals surface area contributed by atoms with Crippen molar-refractivity contribution in [1.29, 1.82) is 0 Å². The highest BCUT2D eigenvalue weighted by Crippen LogP contribution is 2.15. The predicted octanol–water partition coefficient (Wildman–Crippen LogP) is 4.10. The average Bonchev–Trinajstić information content (AvgIpc) is 2.98. The third kappa shape index (κ3) is 6.42. The van der Waals surface area contributed by atoms with E-state index in [1.165, 1.54) is 4.88 Å². The zero-order valence-corrected chi connectivity index (χ0v) is 14.7. The number of amides is 1. The fourth-order valence-electron chi connectivity index (χ4n) is 2.14. The number of hydrogen-bond acceptors (Lipinski definition) is 4. The summed E-state index contributed by atoms with van der Waals surface area (Å²) in [5.74, 6) is 0. The third-order valence-corrected chi connectivity index (χ3v) is 4.00. The second-order valence-corrected chi connectivity index (χ2v) is 7.35. The van der Waals surface area contributed by atoms with Crippen molar-refractivity contribution in [3.63, 3.8) is 0 Å². The van der Waals surface area contributed by atoms with E-state index in [-0.39, 0.29) is 6.04 Å². The molecule has 124 valence electrons. The molecule has 0 saturated carbocycles. The molecule has 0 aliphatic heterocycles. The van der Waals surface area contributed by atoms with Crippen LogP contribution in [0.3, 0.4) is 0 Å². The van der Waals surface area contributed by atoms with Crippen LogP contribution in [-0.4, -0.2) is 18.2 Å². The first-order valence-electron chi connectivity index (χ1n) is 7.71. The van der Waals surface area contributed by atoms with E-state index in [2.05, 4.69) is 22.1 Å². The van der Waals surface area contributed by atoms with Crippen LogP contribution in [0, 0.1) is 0 Å². The molecular formula is C18H24N2O2S. The molecule has 0 aliphatic carbocycles. The van der Waals surface area contributed by atoms with E-state index in [0.717, 1.165) is 12.1 Å². The van der Waals surface area contributed by atoms with Gasteiger partial charge in [0.2, 0.25) is 0 Å². The highest BCUT2D eigenvalue weighted by atomic mass is 32.1. The Hall–Kier alpha value is -1.85. The van der Waals surface area contributed by atoms with Gasteiger partial charge in [-0.05, 0) is 37.8 Å².